The monoisotopic (exact) mass is 708 g/mol. The molecule has 8 nitrogen and oxygen atoms in total. The first kappa shape index (κ1) is 39.5. The highest BCUT2D eigenvalue weighted by molar-refractivity contribution is 5.93. The quantitative estimate of drug-likeness (QED) is 0.0509. The summed E-state index contributed by atoms with van der Waals surface area (Å²) in [7, 11) is 0. The highest BCUT2D eigenvalue weighted by atomic mass is 16.6. The van der Waals surface area contributed by atoms with E-state index in [0.29, 0.717) is 89.8 Å². The van der Waals surface area contributed by atoms with Crippen molar-refractivity contribution in [3.63, 3.8) is 0 Å². The van der Waals surface area contributed by atoms with Crippen LogP contribution in [0.15, 0.2) is 97.6 Å². The Balaban J connectivity index is 1.47. The molecule has 8 heteroatoms. The summed E-state index contributed by atoms with van der Waals surface area (Å²) in [5.74, 6) is 2.87. The smallest absolute Gasteiger partial charge is 0.343 e. The number of benzene rings is 4. The Labute approximate surface area is 308 Å². The molecule has 0 fully saturated rings. The predicted octanol–water partition coefficient (Wildman–Crippen LogP) is 10.6. The standard InChI is InChI=1S/C44H52O8/c1-8-24-47-37-18-16-35(17-19-37)43(45)51-38-20-12-33(13-21-38)34-14-22-39(23-15-34)52-44(46)36-25-40(48-27-30(5)9-2)42(50-29-32(7)11-4)41(26-36)49-28-31(6)10-3/h8,12-23,25-26,30-32H,1,9-11,24,27-29H2,2-7H3. The van der Waals surface area contributed by atoms with Gasteiger partial charge in [-0.15, -0.1) is 0 Å². The van der Waals surface area contributed by atoms with Crippen LogP contribution in [0.2, 0.25) is 0 Å². The van der Waals surface area contributed by atoms with Gasteiger partial charge in [0.25, 0.3) is 0 Å². The molecule has 4 aromatic rings. The molecule has 3 unspecified atom stereocenters. The van der Waals surface area contributed by atoms with Gasteiger partial charge in [-0.3, -0.25) is 0 Å². The minimum absolute atomic E-state index is 0.306. The number of esters is 2. The second-order valence-electron chi connectivity index (χ2n) is 13.2. The van der Waals surface area contributed by atoms with Crippen molar-refractivity contribution in [2.45, 2.75) is 60.8 Å². The number of hydrogen-bond acceptors (Lipinski definition) is 8. The van der Waals surface area contributed by atoms with Crippen molar-refractivity contribution in [2.75, 3.05) is 26.4 Å². The van der Waals surface area contributed by atoms with Crippen LogP contribution in [0.25, 0.3) is 11.1 Å². The molecule has 0 saturated heterocycles. The van der Waals surface area contributed by atoms with Crippen molar-refractivity contribution in [3.8, 4) is 45.6 Å². The van der Waals surface area contributed by atoms with E-state index in [1.165, 1.54) is 0 Å². The molecule has 0 aromatic heterocycles. The zero-order chi connectivity index (χ0) is 37.5. The third-order valence-corrected chi connectivity index (χ3v) is 8.83. The largest absolute Gasteiger partial charge is 0.490 e. The predicted molar refractivity (Wildman–Crippen MR) is 205 cm³/mol. The van der Waals surface area contributed by atoms with Crippen LogP contribution in [0.5, 0.6) is 34.5 Å². The highest BCUT2D eigenvalue weighted by Gasteiger charge is 2.22. The van der Waals surface area contributed by atoms with Crippen LogP contribution in [0.4, 0.5) is 0 Å². The lowest BCUT2D eigenvalue weighted by Crippen LogP contribution is -2.15. The maximum absolute atomic E-state index is 13.5. The lowest BCUT2D eigenvalue weighted by Gasteiger charge is -2.21. The molecule has 0 aliphatic heterocycles. The van der Waals surface area contributed by atoms with Gasteiger partial charge in [-0.2, -0.15) is 0 Å². The first-order valence-electron chi connectivity index (χ1n) is 18.2. The van der Waals surface area contributed by atoms with Gasteiger partial charge in [0, 0.05) is 0 Å². The summed E-state index contributed by atoms with van der Waals surface area (Å²) in [5.41, 5.74) is 2.52. The molecule has 4 rings (SSSR count). The topological polar surface area (TPSA) is 89.5 Å². The minimum Gasteiger partial charge on any atom is -0.490 e. The molecule has 0 aliphatic carbocycles. The van der Waals surface area contributed by atoms with Gasteiger partial charge in [0.2, 0.25) is 5.75 Å². The Morgan fingerprint density at radius 2 is 0.962 bits per heavy atom. The Morgan fingerprint density at radius 1 is 0.558 bits per heavy atom. The summed E-state index contributed by atoms with van der Waals surface area (Å²) in [6, 6.07) is 24.5. The zero-order valence-corrected chi connectivity index (χ0v) is 31.3. The Hall–Kier alpha value is -5.24. The molecule has 0 bridgehead atoms. The van der Waals surface area contributed by atoms with Crippen molar-refractivity contribution in [2.24, 2.45) is 17.8 Å². The summed E-state index contributed by atoms with van der Waals surface area (Å²) in [6.45, 7) is 18.2. The summed E-state index contributed by atoms with van der Waals surface area (Å²) >= 11 is 0. The summed E-state index contributed by atoms with van der Waals surface area (Å²) in [6.07, 6.45) is 4.54. The van der Waals surface area contributed by atoms with Gasteiger partial charge >= 0.3 is 11.9 Å². The molecule has 0 aliphatic rings. The van der Waals surface area contributed by atoms with Crippen molar-refractivity contribution >= 4 is 11.9 Å². The summed E-state index contributed by atoms with van der Waals surface area (Å²) in [5, 5.41) is 0. The van der Waals surface area contributed by atoms with Crippen LogP contribution in [0.1, 0.15) is 81.5 Å². The van der Waals surface area contributed by atoms with Crippen LogP contribution in [-0.2, 0) is 0 Å². The SMILES string of the molecule is C=CCOc1ccc(C(=O)Oc2ccc(-c3ccc(OC(=O)c4cc(OCC(C)CC)c(OCC(C)CC)c(OCC(C)CC)c4)cc3)cc2)cc1. The first-order valence-corrected chi connectivity index (χ1v) is 18.2. The Morgan fingerprint density at radius 3 is 1.38 bits per heavy atom. The molecular formula is C44H52O8. The Bertz CT molecular complexity index is 1690. The summed E-state index contributed by atoms with van der Waals surface area (Å²) < 4.78 is 35.6. The minimum atomic E-state index is -0.534. The van der Waals surface area contributed by atoms with E-state index in [-0.39, 0.29) is 0 Å². The van der Waals surface area contributed by atoms with E-state index in [1.807, 2.05) is 24.3 Å². The van der Waals surface area contributed by atoms with Gasteiger partial charge in [-0.05, 0) is 89.5 Å². The molecule has 0 spiro atoms. The second-order valence-corrected chi connectivity index (χ2v) is 13.2. The van der Waals surface area contributed by atoms with Gasteiger partial charge in [0.1, 0.15) is 23.9 Å². The zero-order valence-electron chi connectivity index (χ0n) is 31.3. The van der Waals surface area contributed by atoms with Crippen molar-refractivity contribution in [1.82, 2.24) is 0 Å². The third-order valence-electron chi connectivity index (χ3n) is 8.83. The van der Waals surface area contributed by atoms with Crippen LogP contribution >= 0.6 is 0 Å². The maximum atomic E-state index is 13.5. The number of rotatable bonds is 20. The number of carbonyl (C=O) groups excluding carboxylic acids is 2. The van der Waals surface area contributed by atoms with Crippen LogP contribution in [-0.4, -0.2) is 38.4 Å². The highest BCUT2D eigenvalue weighted by Crippen LogP contribution is 2.40. The van der Waals surface area contributed by atoms with E-state index in [4.69, 9.17) is 28.4 Å². The van der Waals surface area contributed by atoms with Crippen LogP contribution in [0.3, 0.4) is 0 Å². The summed E-state index contributed by atoms with van der Waals surface area (Å²) in [4.78, 5) is 26.2. The van der Waals surface area contributed by atoms with E-state index >= 15 is 0 Å². The molecular weight excluding hydrogens is 656 g/mol. The van der Waals surface area contributed by atoms with Crippen molar-refractivity contribution < 1.29 is 38.0 Å². The maximum Gasteiger partial charge on any atom is 0.343 e. The molecule has 0 radical (unpaired) electrons. The van der Waals surface area contributed by atoms with Crippen LogP contribution in [0, 0.1) is 17.8 Å². The number of hydrogen-bond donors (Lipinski definition) is 0. The van der Waals surface area contributed by atoms with Crippen molar-refractivity contribution in [1.29, 1.82) is 0 Å². The first-order chi connectivity index (χ1) is 25.1. The normalized spacial score (nSPS) is 12.6. The molecule has 4 aromatic carbocycles. The number of carbonyl (C=O) groups is 2. The Kier molecular flexibility index (Phi) is 15.2. The second kappa shape index (κ2) is 20.0. The third kappa shape index (κ3) is 11.7. The van der Waals surface area contributed by atoms with Crippen molar-refractivity contribution in [3.05, 3.63) is 109 Å². The van der Waals surface area contributed by atoms with Gasteiger partial charge in [-0.25, -0.2) is 9.59 Å². The molecule has 276 valence electrons. The molecule has 3 atom stereocenters. The van der Waals surface area contributed by atoms with E-state index in [0.717, 1.165) is 30.4 Å². The lowest BCUT2D eigenvalue weighted by molar-refractivity contribution is 0.0724. The van der Waals surface area contributed by atoms with Gasteiger partial charge in [-0.1, -0.05) is 97.7 Å². The molecule has 0 heterocycles. The van der Waals surface area contributed by atoms with Crippen LogP contribution < -0.4 is 28.4 Å². The van der Waals surface area contributed by atoms with Gasteiger partial charge in [0.15, 0.2) is 11.5 Å². The van der Waals surface area contributed by atoms with E-state index in [2.05, 4.69) is 48.1 Å². The fourth-order valence-electron chi connectivity index (χ4n) is 4.70. The average Bonchev–Trinajstić information content (AvgIpc) is 3.17. The average molecular weight is 709 g/mol. The lowest BCUT2D eigenvalue weighted by atomic mass is 10.1. The fourth-order valence-corrected chi connectivity index (χ4v) is 4.70. The molecule has 52 heavy (non-hydrogen) atoms. The fraction of sp³-hybridized carbons (Fsp3) is 0.364. The molecule has 0 saturated carbocycles. The van der Waals surface area contributed by atoms with Gasteiger partial charge < -0.3 is 28.4 Å². The van der Waals surface area contributed by atoms with Gasteiger partial charge in [0.05, 0.1) is 30.9 Å². The van der Waals surface area contributed by atoms with E-state index in [9.17, 15) is 9.59 Å². The number of ether oxygens (including phenoxy) is 6. The molecule has 0 N–H and O–H groups in total. The van der Waals surface area contributed by atoms with E-state index < -0.39 is 11.9 Å². The van der Waals surface area contributed by atoms with E-state index in [1.54, 1.807) is 66.7 Å². The molecule has 0 amide bonds.